The fourth-order valence-electron chi connectivity index (χ4n) is 5.50. The molecule has 2 aromatic rings. The van der Waals surface area contributed by atoms with Crippen molar-refractivity contribution in [2.24, 2.45) is 0 Å². The van der Waals surface area contributed by atoms with Crippen molar-refractivity contribution in [1.29, 1.82) is 0 Å². The molecule has 0 unspecified atom stereocenters. The summed E-state index contributed by atoms with van der Waals surface area (Å²) in [4.78, 5) is 5.12. The van der Waals surface area contributed by atoms with E-state index in [1.807, 2.05) is 0 Å². The van der Waals surface area contributed by atoms with E-state index in [2.05, 4.69) is 52.3 Å². The Balaban J connectivity index is 1.51. The number of benzene rings is 2. The number of hydrogen-bond acceptors (Lipinski definition) is 2. The number of fused-ring (bicyclic) bond motifs is 2. The van der Waals surface area contributed by atoms with E-state index in [1.54, 1.807) is 5.56 Å². The second-order valence-corrected chi connectivity index (χ2v) is 8.70. The quantitative estimate of drug-likeness (QED) is 0.680. The number of hydrogen-bond donors (Lipinski definition) is 0. The minimum absolute atomic E-state index is 0.381. The molecule has 0 amide bonds. The Bertz CT molecular complexity index is 804. The van der Waals surface area contributed by atoms with Crippen LogP contribution in [0.1, 0.15) is 49.7 Å². The first-order chi connectivity index (χ1) is 12.8. The lowest BCUT2D eigenvalue weighted by Crippen LogP contribution is -2.31. The maximum absolute atomic E-state index is 6.71. The van der Waals surface area contributed by atoms with E-state index in [-0.39, 0.29) is 0 Å². The van der Waals surface area contributed by atoms with E-state index in [1.165, 1.54) is 55.5 Å². The smallest absolute Gasteiger partial charge is 0.0476 e. The Morgan fingerprint density at radius 1 is 0.846 bits per heavy atom. The van der Waals surface area contributed by atoms with Crippen LogP contribution in [0.5, 0.6) is 0 Å². The van der Waals surface area contributed by atoms with Gasteiger partial charge < -0.3 is 9.80 Å². The van der Waals surface area contributed by atoms with Gasteiger partial charge in [-0.3, -0.25) is 0 Å². The van der Waals surface area contributed by atoms with E-state index in [0.717, 1.165) is 31.2 Å². The van der Waals surface area contributed by atoms with Gasteiger partial charge in [0.2, 0.25) is 0 Å². The molecule has 136 valence electrons. The highest BCUT2D eigenvalue weighted by Crippen LogP contribution is 2.51. The zero-order valence-electron chi connectivity index (χ0n) is 15.4. The maximum atomic E-state index is 6.71. The van der Waals surface area contributed by atoms with Crippen molar-refractivity contribution in [2.75, 3.05) is 29.4 Å². The van der Waals surface area contributed by atoms with Crippen LogP contribution >= 0.6 is 11.6 Å². The van der Waals surface area contributed by atoms with Crippen LogP contribution in [0.25, 0.3) is 0 Å². The van der Waals surface area contributed by atoms with Gasteiger partial charge in [-0.25, -0.2) is 0 Å². The average Bonchev–Trinajstić information content (AvgIpc) is 3.40. The van der Waals surface area contributed by atoms with Gasteiger partial charge in [-0.15, -0.1) is 0 Å². The number of para-hydroxylation sites is 1. The third-order valence-corrected chi connectivity index (χ3v) is 7.11. The number of halogens is 1. The fraction of sp³-hybridized carbons (Fsp3) is 0.478. The Kier molecular flexibility index (Phi) is 4.12. The van der Waals surface area contributed by atoms with Crippen LogP contribution in [-0.4, -0.2) is 19.6 Å². The third kappa shape index (κ3) is 2.62. The van der Waals surface area contributed by atoms with E-state index in [0.29, 0.717) is 5.41 Å². The molecule has 1 aliphatic carbocycles. The summed E-state index contributed by atoms with van der Waals surface area (Å²) in [5, 5.41) is 0.916. The van der Waals surface area contributed by atoms with Gasteiger partial charge in [0.1, 0.15) is 0 Å². The van der Waals surface area contributed by atoms with Crippen molar-refractivity contribution < 1.29 is 0 Å². The topological polar surface area (TPSA) is 6.48 Å². The van der Waals surface area contributed by atoms with Crippen molar-refractivity contribution in [3.63, 3.8) is 0 Å². The molecule has 3 heteroatoms. The first-order valence-electron chi connectivity index (χ1n) is 10.1. The molecule has 1 spiro atoms. The Labute approximate surface area is 161 Å². The summed E-state index contributed by atoms with van der Waals surface area (Å²) in [6.45, 7) is 4.39. The molecule has 2 aromatic carbocycles. The Morgan fingerprint density at radius 3 is 2.38 bits per heavy atom. The van der Waals surface area contributed by atoms with E-state index in [9.17, 15) is 0 Å². The highest BCUT2D eigenvalue weighted by Gasteiger charge is 2.44. The molecule has 0 atom stereocenters. The lowest BCUT2D eigenvalue weighted by Gasteiger charge is -2.28. The lowest BCUT2D eigenvalue weighted by molar-refractivity contribution is 0.465. The molecule has 1 saturated heterocycles. The molecule has 0 aromatic heterocycles. The van der Waals surface area contributed by atoms with Crippen LogP contribution in [0, 0.1) is 0 Å². The molecule has 0 N–H and O–H groups in total. The minimum atomic E-state index is 0.381. The van der Waals surface area contributed by atoms with Gasteiger partial charge in [0, 0.05) is 53.6 Å². The fourth-order valence-corrected chi connectivity index (χ4v) is 5.73. The average molecular weight is 367 g/mol. The standard InChI is InChI=1S/C23H27ClN2/c24-20-9-7-11-21(25-14-5-6-15-25)18(20)16-26-17-23(12-3-4-13-23)19-8-1-2-10-22(19)26/h1-2,7-11H,3-6,12-17H2. The van der Waals surface area contributed by atoms with Gasteiger partial charge in [-0.05, 0) is 49.4 Å². The molecular formula is C23H27ClN2. The molecule has 2 nitrogen and oxygen atoms in total. The molecule has 1 saturated carbocycles. The monoisotopic (exact) mass is 366 g/mol. The molecule has 2 fully saturated rings. The normalized spacial score (nSPS) is 21.0. The molecule has 3 aliphatic rings. The highest BCUT2D eigenvalue weighted by molar-refractivity contribution is 6.31. The van der Waals surface area contributed by atoms with Gasteiger partial charge in [0.25, 0.3) is 0 Å². The summed E-state index contributed by atoms with van der Waals surface area (Å²) in [5.41, 5.74) is 6.04. The van der Waals surface area contributed by atoms with Crippen LogP contribution in [0.4, 0.5) is 11.4 Å². The van der Waals surface area contributed by atoms with E-state index < -0.39 is 0 Å². The largest absolute Gasteiger partial charge is 0.371 e. The summed E-state index contributed by atoms with van der Waals surface area (Å²) in [7, 11) is 0. The Morgan fingerprint density at radius 2 is 1.58 bits per heavy atom. The van der Waals surface area contributed by atoms with E-state index in [4.69, 9.17) is 11.6 Å². The maximum Gasteiger partial charge on any atom is 0.0476 e. The van der Waals surface area contributed by atoms with Crippen molar-refractivity contribution >= 4 is 23.0 Å². The highest BCUT2D eigenvalue weighted by atomic mass is 35.5. The first kappa shape index (κ1) is 16.5. The first-order valence-corrected chi connectivity index (χ1v) is 10.5. The summed E-state index contributed by atoms with van der Waals surface area (Å²) in [6, 6.07) is 15.5. The predicted molar refractivity (Wildman–Crippen MR) is 111 cm³/mol. The third-order valence-electron chi connectivity index (χ3n) is 6.76. The summed E-state index contributed by atoms with van der Waals surface area (Å²) >= 11 is 6.71. The zero-order chi connectivity index (χ0) is 17.6. The van der Waals surface area contributed by atoms with Crippen LogP contribution in [0.15, 0.2) is 42.5 Å². The molecular weight excluding hydrogens is 340 g/mol. The van der Waals surface area contributed by atoms with Crippen LogP contribution in [-0.2, 0) is 12.0 Å². The van der Waals surface area contributed by atoms with Gasteiger partial charge in [0.15, 0.2) is 0 Å². The van der Waals surface area contributed by atoms with Crippen molar-refractivity contribution in [1.82, 2.24) is 0 Å². The molecule has 2 heterocycles. The SMILES string of the molecule is Clc1cccc(N2CCCC2)c1CN1CC2(CCCC2)c2ccccc21. The van der Waals surface area contributed by atoms with Crippen LogP contribution < -0.4 is 9.80 Å². The van der Waals surface area contributed by atoms with Gasteiger partial charge >= 0.3 is 0 Å². The number of rotatable bonds is 3. The molecule has 0 bridgehead atoms. The van der Waals surface area contributed by atoms with Crippen LogP contribution in [0.3, 0.4) is 0 Å². The van der Waals surface area contributed by atoms with Gasteiger partial charge in [0.05, 0.1) is 0 Å². The number of anilines is 2. The Hall–Kier alpha value is -1.67. The second kappa shape index (κ2) is 6.49. The molecule has 5 rings (SSSR count). The molecule has 2 aliphatic heterocycles. The van der Waals surface area contributed by atoms with Crippen molar-refractivity contribution in [3.05, 3.63) is 58.6 Å². The summed E-state index contributed by atoms with van der Waals surface area (Å²) < 4.78 is 0. The summed E-state index contributed by atoms with van der Waals surface area (Å²) in [5.74, 6) is 0. The summed E-state index contributed by atoms with van der Waals surface area (Å²) in [6.07, 6.45) is 7.99. The van der Waals surface area contributed by atoms with Crippen molar-refractivity contribution in [2.45, 2.75) is 50.5 Å². The lowest BCUT2D eigenvalue weighted by atomic mass is 9.81. The predicted octanol–water partition coefficient (Wildman–Crippen LogP) is 5.77. The van der Waals surface area contributed by atoms with Gasteiger partial charge in [-0.1, -0.05) is 48.7 Å². The van der Waals surface area contributed by atoms with E-state index >= 15 is 0 Å². The van der Waals surface area contributed by atoms with Crippen LogP contribution in [0.2, 0.25) is 5.02 Å². The van der Waals surface area contributed by atoms with Gasteiger partial charge in [-0.2, -0.15) is 0 Å². The molecule has 26 heavy (non-hydrogen) atoms. The minimum Gasteiger partial charge on any atom is -0.371 e. The number of nitrogens with zero attached hydrogens (tertiary/aromatic N) is 2. The second-order valence-electron chi connectivity index (χ2n) is 8.29. The molecule has 0 radical (unpaired) electrons. The van der Waals surface area contributed by atoms with Crippen molar-refractivity contribution in [3.8, 4) is 0 Å². The zero-order valence-corrected chi connectivity index (χ0v) is 16.1.